The average molecular weight is 364 g/mol. The molecule has 3 rings (SSSR count). The van der Waals surface area contributed by atoms with E-state index < -0.39 is 0 Å². The average Bonchev–Trinajstić information content (AvgIpc) is 3.12. The van der Waals surface area contributed by atoms with E-state index in [9.17, 15) is 4.79 Å². The maximum atomic E-state index is 12.6. The molecule has 1 amide bonds. The predicted octanol–water partition coefficient (Wildman–Crippen LogP) is 2.05. The van der Waals surface area contributed by atoms with Gasteiger partial charge in [0.1, 0.15) is 0 Å². The van der Waals surface area contributed by atoms with E-state index in [-0.39, 0.29) is 16.9 Å². The summed E-state index contributed by atoms with van der Waals surface area (Å²) < 4.78 is 7.22. The number of rotatable bonds is 5. The molecule has 2 aliphatic rings. The van der Waals surface area contributed by atoms with Crippen molar-refractivity contribution in [3.05, 3.63) is 11.9 Å². The Labute approximate surface area is 156 Å². The third-order valence-electron chi connectivity index (χ3n) is 5.61. The van der Waals surface area contributed by atoms with Crippen LogP contribution in [0.15, 0.2) is 6.20 Å². The van der Waals surface area contributed by atoms with Crippen LogP contribution in [-0.4, -0.2) is 65.2 Å². The van der Waals surface area contributed by atoms with E-state index in [4.69, 9.17) is 4.74 Å². The Morgan fingerprint density at radius 2 is 1.92 bits per heavy atom. The zero-order chi connectivity index (χ0) is 18.6. The van der Waals surface area contributed by atoms with Crippen LogP contribution in [0.4, 0.5) is 0 Å². The topological polar surface area (TPSA) is 72.3 Å². The van der Waals surface area contributed by atoms with Gasteiger partial charge in [-0.25, -0.2) is 4.68 Å². The molecule has 1 aromatic rings. The smallest absolute Gasteiger partial charge is 0.273 e. The lowest BCUT2D eigenvalue weighted by molar-refractivity contribution is 0.00727. The quantitative estimate of drug-likeness (QED) is 0.867. The van der Waals surface area contributed by atoms with Gasteiger partial charge in [0.2, 0.25) is 0 Å². The number of morpholine rings is 1. The van der Waals surface area contributed by atoms with E-state index in [1.54, 1.807) is 10.9 Å². The van der Waals surface area contributed by atoms with E-state index in [2.05, 4.69) is 20.5 Å². The zero-order valence-corrected chi connectivity index (χ0v) is 16.5. The normalized spacial score (nSPS) is 21.5. The second kappa shape index (κ2) is 8.05. The summed E-state index contributed by atoms with van der Waals surface area (Å²) in [7, 11) is 0. The number of hydrogen-bond donors (Lipinski definition) is 1. The van der Waals surface area contributed by atoms with E-state index in [0.717, 1.165) is 32.8 Å². The van der Waals surface area contributed by atoms with Gasteiger partial charge in [0.05, 0.1) is 24.9 Å². The summed E-state index contributed by atoms with van der Waals surface area (Å²) in [5, 5.41) is 11.3. The monoisotopic (exact) mass is 363 g/mol. The molecule has 1 saturated carbocycles. The van der Waals surface area contributed by atoms with Crippen molar-refractivity contribution in [1.29, 1.82) is 0 Å². The van der Waals surface area contributed by atoms with Crippen molar-refractivity contribution in [2.45, 2.75) is 58.4 Å². The minimum Gasteiger partial charge on any atom is -0.379 e. The molecular weight excluding hydrogens is 330 g/mol. The summed E-state index contributed by atoms with van der Waals surface area (Å²) in [6.07, 6.45) is 7.91. The Bertz CT molecular complexity index is 595. The molecule has 1 saturated heterocycles. The Morgan fingerprint density at radius 3 is 2.54 bits per heavy atom. The third-order valence-corrected chi connectivity index (χ3v) is 5.61. The maximum Gasteiger partial charge on any atom is 0.273 e. The van der Waals surface area contributed by atoms with Crippen molar-refractivity contribution in [3.63, 3.8) is 0 Å². The predicted molar refractivity (Wildman–Crippen MR) is 100 cm³/mol. The molecule has 26 heavy (non-hydrogen) atoms. The number of carbonyl (C=O) groups excluding carboxylic acids is 1. The summed E-state index contributed by atoms with van der Waals surface area (Å²) in [6, 6.07) is 0. The van der Waals surface area contributed by atoms with Gasteiger partial charge in [-0.2, -0.15) is 0 Å². The summed E-state index contributed by atoms with van der Waals surface area (Å²) in [6.45, 7) is 11.5. The van der Waals surface area contributed by atoms with E-state index in [1.807, 2.05) is 20.8 Å². The molecule has 0 spiro atoms. The zero-order valence-electron chi connectivity index (χ0n) is 16.5. The van der Waals surface area contributed by atoms with E-state index >= 15 is 0 Å². The summed E-state index contributed by atoms with van der Waals surface area (Å²) in [5.41, 5.74) is 0.398. The highest BCUT2D eigenvalue weighted by Crippen LogP contribution is 2.36. The van der Waals surface area contributed by atoms with Gasteiger partial charge in [0.25, 0.3) is 5.91 Å². The molecule has 1 aromatic heterocycles. The maximum absolute atomic E-state index is 12.6. The largest absolute Gasteiger partial charge is 0.379 e. The number of nitrogens with zero attached hydrogens (tertiary/aromatic N) is 4. The van der Waals surface area contributed by atoms with Crippen LogP contribution in [0.1, 0.15) is 63.4 Å². The van der Waals surface area contributed by atoms with Crippen molar-refractivity contribution in [2.24, 2.45) is 5.41 Å². The molecule has 0 unspecified atom stereocenters. The van der Waals surface area contributed by atoms with Crippen LogP contribution in [0.2, 0.25) is 0 Å². The molecule has 146 valence electrons. The molecule has 0 aromatic carbocycles. The first-order chi connectivity index (χ1) is 12.4. The Morgan fingerprint density at radius 1 is 1.23 bits per heavy atom. The molecule has 0 bridgehead atoms. The first kappa shape index (κ1) is 19.3. The Balaban J connectivity index is 1.61. The van der Waals surface area contributed by atoms with Crippen molar-refractivity contribution >= 4 is 5.91 Å². The lowest BCUT2D eigenvalue weighted by Crippen LogP contribution is -2.49. The Kier molecular flexibility index (Phi) is 5.97. The van der Waals surface area contributed by atoms with Crippen molar-refractivity contribution in [1.82, 2.24) is 25.2 Å². The second-order valence-corrected chi connectivity index (χ2v) is 8.85. The fourth-order valence-electron chi connectivity index (χ4n) is 3.98. The molecule has 7 nitrogen and oxygen atoms in total. The van der Waals surface area contributed by atoms with Gasteiger partial charge in [-0.15, -0.1) is 5.10 Å². The van der Waals surface area contributed by atoms with Gasteiger partial charge < -0.3 is 10.1 Å². The van der Waals surface area contributed by atoms with Gasteiger partial charge in [-0.05, 0) is 33.6 Å². The SMILES string of the molecule is CC(C)(C)n1cc(C(=O)NCC2(CN3CCOCC3)CCCCC2)nn1. The lowest BCUT2D eigenvalue weighted by atomic mass is 9.73. The Hall–Kier alpha value is -1.47. The van der Waals surface area contributed by atoms with Gasteiger partial charge in [0.15, 0.2) is 5.69 Å². The van der Waals surface area contributed by atoms with Crippen LogP contribution in [0, 0.1) is 5.41 Å². The first-order valence-corrected chi connectivity index (χ1v) is 9.89. The fourth-order valence-corrected chi connectivity index (χ4v) is 3.98. The number of hydrogen-bond acceptors (Lipinski definition) is 5. The van der Waals surface area contributed by atoms with Crippen molar-refractivity contribution < 1.29 is 9.53 Å². The third kappa shape index (κ3) is 4.82. The van der Waals surface area contributed by atoms with Gasteiger partial charge in [-0.3, -0.25) is 9.69 Å². The lowest BCUT2D eigenvalue weighted by Gasteiger charge is -2.42. The van der Waals surface area contributed by atoms with Crippen LogP contribution < -0.4 is 5.32 Å². The molecule has 1 aliphatic heterocycles. The number of carbonyl (C=O) groups is 1. The minimum absolute atomic E-state index is 0.118. The number of nitrogens with one attached hydrogen (secondary N) is 1. The van der Waals surface area contributed by atoms with Gasteiger partial charge in [0, 0.05) is 31.6 Å². The molecule has 2 heterocycles. The molecule has 1 aliphatic carbocycles. The number of amides is 1. The highest BCUT2D eigenvalue weighted by atomic mass is 16.5. The first-order valence-electron chi connectivity index (χ1n) is 9.89. The van der Waals surface area contributed by atoms with Crippen molar-refractivity contribution in [3.8, 4) is 0 Å². The van der Waals surface area contributed by atoms with E-state index in [0.29, 0.717) is 12.2 Å². The summed E-state index contributed by atoms with van der Waals surface area (Å²) >= 11 is 0. The summed E-state index contributed by atoms with van der Waals surface area (Å²) in [5.74, 6) is -0.118. The molecule has 0 radical (unpaired) electrons. The van der Waals surface area contributed by atoms with Crippen LogP contribution in [0.5, 0.6) is 0 Å². The molecule has 0 atom stereocenters. The molecule has 2 fully saturated rings. The standard InChI is InChI=1S/C19H33N5O2/c1-18(2,3)24-13-16(21-22-24)17(25)20-14-19(7-5-4-6-8-19)15-23-9-11-26-12-10-23/h13H,4-12,14-15H2,1-3H3,(H,20,25). The highest BCUT2D eigenvalue weighted by molar-refractivity contribution is 5.91. The highest BCUT2D eigenvalue weighted by Gasteiger charge is 2.35. The molecule has 7 heteroatoms. The second-order valence-electron chi connectivity index (χ2n) is 8.85. The fraction of sp³-hybridized carbons (Fsp3) is 0.842. The molecule has 1 N–H and O–H groups in total. The number of aromatic nitrogens is 3. The van der Waals surface area contributed by atoms with Crippen LogP contribution in [0.3, 0.4) is 0 Å². The van der Waals surface area contributed by atoms with E-state index in [1.165, 1.54) is 32.1 Å². The minimum atomic E-state index is -0.174. The van der Waals surface area contributed by atoms with Gasteiger partial charge >= 0.3 is 0 Å². The van der Waals surface area contributed by atoms with Crippen LogP contribution >= 0.6 is 0 Å². The van der Waals surface area contributed by atoms with Crippen molar-refractivity contribution in [2.75, 3.05) is 39.4 Å². The number of ether oxygens (including phenoxy) is 1. The van der Waals surface area contributed by atoms with Gasteiger partial charge in [-0.1, -0.05) is 24.5 Å². The summed E-state index contributed by atoms with van der Waals surface area (Å²) in [4.78, 5) is 15.1. The van der Waals surface area contributed by atoms with Crippen LogP contribution in [0.25, 0.3) is 0 Å². The molecular formula is C19H33N5O2. The van der Waals surface area contributed by atoms with Crippen LogP contribution in [-0.2, 0) is 10.3 Å².